The molecule has 184 valence electrons. The van der Waals surface area contributed by atoms with Crippen molar-refractivity contribution in [3.8, 4) is 17.6 Å². The van der Waals surface area contributed by atoms with E-state index in [1.165, 1.54) is 19.2 Å². The highest BCUT2D eigenvalue weighted by Crippen LogP contribution is 2.42. The van der Waals surface area contributed by atoms with Gasteiger partial charge in [0.05, 0.1) is 30.8 Å². The van der Waals surface area contributed by atoms with Gasteiger partial charge in [-0.3, -0.25) is 0 Å². The Labute approximate surface area is 200 Å². The summed E-state index contributed by atoms with van der Waals surface area (Å²) in [6.45, 7) is 3.18. The van der Waals surface area contributed by atoms with Gasteiger partial charge in [0.15, 0.2) is 11.5 Å². The molecule has 10 heteroatoms. The van der Waals surface area contributed by atoms with Gasteiger partial charge in [0.1, 0.15) is 24.0 Å². The number of allylic oxidation sites excluding steroid dienone is 2. The van der Waals surface area contributed by atoms with Gasteiger partial charge in [0.25, 0.3) is 0 Å². The number of benzene rings is 2. The molecule has 1 aliphatic rings. The summed E-state index contributed by atoms with van der Waals surface area (Å²) in [5.41, 5.74) is 6.09. The third kappa shape index (κ3) is 5.51. The molecule has 0 aromatic heterocycles. The minimum atomic E-state index is -4.46. The Morgan fingerprint density at radius 1 is 1.20 bits per heavy atom. The zero-order valence-corrected chi connectivity index (χ0v) is 19.2. The van der Waals surface area contributed by atoms with Crippen LogP contribution >= 0.6 is 0 Å². The molecule has 0 fully saturated rings. The molecule has 1 atom stereocenters. The Hall–Kier alpha value is -4.13. The summed E-state index contributed by atoms with van der Waals surface area (Å²) in [5, 5.41) is 9.70. The second kappa shape index (κ2) is 10.4. The molecule has 0 amide bonds. The fraction of sp³-hybridized carbons (Fsp3) is 0.280. The summed E-state index contributed by atoms with van der Waals surface area (Å²) in [4.78, 5) is 12.7. The molecule has 2 N–H and O–H groups in total. The van der Waals surface area contributed by atoms with Crippen molar-refractivity contribution in [3.63, 3.8) is 0 Å². The van der Waals surface area contributed by atoms with E-state index in [4.69, 9.17) is 24.7 Å². The van der Waals surface area contributed by atoms with E-state index in [1.807, 2.05) is 6.07 Å². The van der Waals surface area contributed by atoms with Gasteiger partial charge in [-0.15, -0.1) is 0 Å². The van der Waals surface area contributed by atoms with Crippen LogP contribution in [0.1, 0.15) is 36.5 Å². The molecule has 0 saturated carbocycles. The first-order chi connectivity index (χ1) is 16.6. The first-order valence-electron chi connectivity index (χ1n) is 10.5. The Bertz CT molecular complexity index is 1230. The van der Waals surface area contributed by atoms with E-state index in [1.54, 1.807) is 32.0 Å². The Morgan fingerprint density at radius 2 is 1.94 bits per heavy atom. The van der Waals surface area contributed by atoms with Crippen molar-refractivity contribution >= 4 is 5.97 Å². The molecule has 35 heavy (non-hydrogen) atoms. The van der Waals surface area contributed by atoms with Crippen molar-refractivity contribution < 1.29 is 36.9 Å². The second-order valence-corrected chi connectivity index (χ2v) is 7.51. The second-order valence-electron chi connectivity index (χ2n) is 7.51. The maximum atomic E-state index is 13.0. The van der Waals surface area contributed by atoms with Crippen LogP contribution in [-0.4, -0.2) is 19.7 Å². The number of esters is 1. The lowest BCUT2D eigenvalue weighted by atomic mass is 9.83. The van der Waals surface area contributed by atoms with Crippen LogP contribution in [0, 0.1) is 11.3 Å². The minimum absolute atomic E-state index is 0.0262. The summed E-state index contributed by atoms with van der Waals surface area (Å²) in [6, 6.07) is 11.5. The number of hydrogen-bond donors (Lipinski definition) is 1. The van der Waals surface area contributed by atoms with Gasteiger partial charge in [0, 0.05) is 0 Å². The number of rotatable bonds is 7. The maximum Gasteiger partial charge on any atom is 0.416 e. The van der Waals surface area contributed by atoms with Gasteiger partial charge in [-0.2, -0.15) is 18.4 Å². The topological polar surface area (TPSA) is 104 Å². The van der Waals surface area contributed by atoms with Crippen LogP contribution < -0.4 is 15.2 Å². The average molecular weight is 488 g/mol. The predicted octanol–water partition coefficient (Wildman–Crippen LogP) is 4.94. The first-order valence-corrected chi connectivity index (χ1v) is 10.5. The number of halogens is 3. The number of nitriles is 1. The van der Waals surface area contributed by atoms with Crippen molar-refractivity contribution in [2.45, 2.75) is 32.5 Å². The highest BCUT2D eigenvalue weighted by atomic mass is 19.4. The van der Waals surface area contributed by atoms with Gasteiger partial charge in [-0.1, -0.05) is 18.2 Å². The molecular formula is C25H23F3N2O5. The van der Waals surface area contributed by atoms with Gasteiger partial charge in [0.2, 0.25) is 5.88 Å². The van der Waals surface area contributed by atoms with Crippen LogP contribution in [0.4, 0.5) is 13.2 Å². The average Bonchev–Trinajstić information content (AvgIpc) is 2.82. The molecule has 1 aliphatic heterocycles. The zero-order valence-electron chi connectivity index (χ0n) is 19.2. The molecular weight excluding hydrogens is 465 g/mol. The Balaban J connectivity index is 1.95. The van der Waals surface area contributed by atoms with Gasteiger partial charge in [-0.05, 0) is 49.2 Å². The molecule has 7 nitrogen and oxygen atoms in total. The third-order valence-electron chi connectivity index (χ3n) is 5.27. The van der Waals surface area contributed by atoms with Crippen LogP contribution in [-0.2, 0) is 27.1 Å². The van der Waals surface area contributed by atoms with E-state index in [-0.39, 0.29) is 47.5 Å². The number of carbonyl (C=O) groups excluding carboxylic acids is 1. The quantitative estimate of drug-likeness (QED) is 0.551. The van der Waals surface area contributed by atoms with Crippen LogP contribution in [0.3, 0.4) is 0 Å². The van der Waals surface area contributed by atoms with Gasteiger partial charge >= 0.3 is 12.1 Å². The molecule has 0 bridgehead atoms. The molecule has 0 aliphatic carbocycles. The molecule has 2 aromatic carbocycles. The third-order valence-corrected chi connectivity index (χ3v) is 5.27. The number of nitrogens with two attached hydrogens (primary N) is 1. The number of ether oxygens (including phenoxy) is 4. The summed E-state index contributed by atoms with van der Waals surface area (Å²) >= 11 is 0. The van der Waals surface area contributed by atoms with Crippen LogP contribution in [0.25, 0.3) is 0 Å². The lowest BCUT2D eigenvalue weighted by molar-refractivity contribution is -0.139. The van der Waals surface area contributed by atoms with E-state index in [0.29, 0.717) is 11.1 Å². The first kappa shape index (κ1) is 25.5. The lowest BCUT2D eigenvalue weighted by Gasteiger charge is -2.27. The monoisotopic (exact) mass is 488 g/mol. The predicted molar refractivity (Wildman–Crippen MR) is 119 cm³/mol. The summed E-state index contributed by atoms with van der Waals surface area (Å²) in [5.74, 6) is -0.953. The Kier molecular flexibility index (Phi) is 7.59. The van der Waals surface area contributed by atoms with E-state index in [2.05, 4.69) is 0 Å². The molecule has 1 heterocycles. The summed E-state index contributed by atoms with van der Waals surface area (Å²) in [7, 11) is 1.39. The number of alkyl halides is 3. The van der Waals surface area contributed by atoms with Crippen LogP contribution in [0.5, 0.6) is 11.5 Å². The van der Waals surface area contributed by atoms with Crippen molar-refractivity contribution in [2.75, 3.05) is 13.7 Å². The number of nitrogens with zero attached hydrogens (tertiary/aromatic N) is 1. The molecule has 0 radical (unpaired) electrons. The minimum Gasteiger partial charge on any atom is -0.493 e. The van der Waals surface area contributed by atoms with E-state index >= 15 is 0 Å². The van der Waals surface area contributed by atoms with E-state index in [9.17, 15) is 23.2 Å². The standard InChI is InChI=1S/C25H23F3N2O5/c1-4-33-24(31)21-14(2)35-23(30)18(12-29)22(21)16-8-9-19(20(11-16)32-3)34-13-15-6-5-7-17(10-15)25(26,27)28/h5-11,22H,4,13,30H2,1-3H3/t22-/m1/s1. The molecule has 0 spiro atoms. The molecule has 3 rings (SSSR count). The normalized spacial score (nSPS) is 15.9. The van der Waals surface area contributed by atoms with Crippen molar-refractivity contribution in [3.05, 3.63) is 81.9 Å². The van der Waals surface area contributed by atoms with Crippen LogP contribution in [0.2, 0.25) is 0 Å². The zero-order chi connectivity index (χ0) is 25.8. The fourth-order valence-electron chi connectivity index (χ4n) is 3.67. The Morgan fingerprint density at radius 3 is 2.57 bits per heavy atom. The van der Waals surface area contributed by atoms with Crippen molar-refractivity contribution in [2.24, 2.45) is 5.73 Å². The molecule has 0 saturated heterocycles. The van der Waals surface area contributed by atoms with E-state index < -0.39 is 23.6 Å². The van der Waals surface area contributed by atoms with Gasteiger partial charge < -0.3 is 24.7 Å². The summed E-state index contributed by atoms with van der Waals surface area (Å²) in [6.07, 6.45) is -4.46. The highest BCUT2D eigenvalue weighted by Gasteiger charge is 2.36. The lowest BCUT2D eigenvalue weighted by Crippen LogP contribution is -2.25. The smallest absolute Gasteiger partial charge is 0.416 e. The van der Waals surface area contributed by atoms with E-state index in [0.717, 1.165) is 12.1 Å². The molecule has 0 unspecified atom stereocenters. The fourth-order valence-corrected chi connectivity index (χ4v) is 3.67. The SMILES string of the molecule is CCOC(=O)C1=C(C)OC(N)=C(C#N)[C@H]1c1ccc(OCc2cccc(C(F)(F)F)c2)c(OC)c1. The largest absolute Gasteiger partial charge is 0.493 e. The van der Waals surface area contributed by atoms with Crippen LogP contribution in [0.15, 0.2) is 65.3 Å². The number of methoxy groups -OCH3 is 1. The highest BCUT2D eigenvalue weighted by molar-refractivity contribution is 5.92. The number of carbonyl (C=O) groups is 1. The summed E-state index contributed by atoms with van der Waals surface area (Å²) < 4.78 is 60.6. The maximum absolute atomic E-state index is 13.0. The van der Waals surface area contributed by atoms with Crippen molar-refractivity contribution in [1.82, 2.24) is 0 Å². The van der Waals surface area contributed by atoms with Crippen molar-refractivity contribution in [1.29, 1.82) is 5.26 Å². The molecule has 2 aromatic rings. The number of hydrogen-bond acceptors (Lipinski definition) is 7. The van der Waals surface area contributed by atoms with Gasteiger partial charge in [-0.25, -0.2) is 4.79 Å².